The molecule has 2 N–H and O–H groups in total. The molecule has 0 aliphatic heterocycles. The zero-order valence-electron chi connectivity index (χ0n) is 14.1. The fraction of sp³-hybridized carbons (Fsp3) is 0.579. The van der Waals surface area contributed by atoms with Crippen molar-refractivity contribution in [3.8, 4) is 0 Å². The molecule has 2 aliphatic carbocycles. The standard InChI is InChI=1S/C19H26N2O3/c1-21(12-14-8-5-9-17(14)22)19(24)18(23)20-11-15-10-16(15)13-6-3-2-4-7-13/h2-4,6-7,14-17,22H,5,8-12H2,1H3,(H,20,23)/t14?,15-,16-,17?/m0/s1. The average Bonchev–Trinajstić information content (AvgIpc) is 3.28. The van der Waals surface area contributed by atoms with E-state index in [1.807, 2.05) is 18.2 Å². The second-order valence-electron chi connectivity index (χ2n) is 7.17. The normalized spacial score (nSPS) is 28.4. The Bertz CT molecular complexity index is 590. The van der Waals surface area contributed by atoms with Crippen LogP contribution in [0.1, 0.15) is 37.2 Å². The largest absolute Gasteiger partial charge is 0.393 e. The van der Waals surface area contributed by atoms with E-state index >= 15 is 0 Å². The van der Waals surface area contributed by atoms with Crippen LogP contribution in [0.15, 0.2) is 30.3 Å². The Hall–Kier alpha value is -1.88. The molecular weight excluding hydrogens is 304 g/mol. The molecule has 5 heteroatoms. The van der Waals surface area contributed by atoms with Gasteiger partial charge in [-0.3, -0.25) is 9.59 Å². The summed E-state index contributed by atoms with van der Waals surface area (Å²) >= 11 is 0. The van der Waals surface area contributed by atoms with Gasteiger partial charge in [-0.05, 0) is 36.7 Å². The highest BCUT2D eigenvalue weighted by Gasteiger charge is 2.38. The second-order valence-corrected chi connectivity index (χ2v) is 7.17. The lowest BCUT2D eigenvalue weighted by atomic mass is 10.1. The minimum atomic E-state index is -0.538. The first kappa shape index (κ1) is 17.0. The number of amides is 2. The van der Waals surface area contributed by atoms with Gasteiger partial charge in [0.25, 0.3) is 0 Å². The number of carbonyl (C=O) groups is 2. The maximum atomic E-state index is 12.2. The minimum Gasteiger partial charge on any atom is -0.393 e. The third kappa shape index (κ3) is 3.96. The van der Waals surface area contributed by atoms with Crippen LogP contribution in [-0.2, 0) is 9.59 Å². The van der Waals surface area contributed by atoms with E-state index < -0.39 is 11.8 Å². The number of benzene rings is 1. The van der Waals surface area contributed by atoms with Gasteiger partial charge in [0.05, 0.1) is 6.10 Å². The molecule has 2 fully saturated rings. The zero-order valence-corrected chi connectivity index (χ0v) is 14.1. The third-order valence-electron chi connectivity index (χ3n) is 5.34. The topological polar surface area (TPSA) is 69.6 Å². The Morgan fingerprint density at radius 2 is 1.96 bits per heavy atom. The summed E-state index contributed by atoms with van der Waals surface area (Å²) in [5, 5.41) is 12.6. The fourth-order valence-corrected chi connectivity index (χ4v) is 3.72. The molecule has 0 aromatic heterocycles. The molecule has 1 aromatic rings. The summed E-state index contributed by atoms with van der Waals surface area (Å²) in [6, 6.07) is 10.3. The molecule has 0 bridgehead atoms. The zero-order chi connectivity index (χ0) is 17.1. The summed E-state index contributed by atoms with van der Waals surface area (Å²) in [4.78, 5) is 25.6. The highest BCUT2D eigenvalue weighted by atomic mass is 16.3. The van der Waals surface area contributed by atoms with Gasteiger partial charge in [-0.25, -0.2) is 0 Å². The number of nitrogens with one attached hydrogen (secondary N) is 1. The van der Waals surface area contributed by atoms with Gasteiger partial charge in [-0.15, -0.1) is 0 Å². The van der Waals surface area contributed by atoms with Gasteiger partial charge < -0.3 is 15.3 Å². The maximum absolute atomic E-state index is 12.2. The lowest BCUT2D eigenvalue weighted by molar-refractivity contribution is -0.145. The highest BCUT2D eigenvalue weighted by Crippen LogP contribution is 2.46. The Balaban J connectivity index is 1.41. The number of carbonyl (C=O) groups excluding carboxylic acids is 2. The molecule has 2 amide bonds. The maximum Gasteiger partial charge on any atom is 0.311 e. The van der Waals surface area contributed by atoms with Gasteiger partial charge in [-0.2, -0.15) is 0 Å². The van der Waals surface area contributed by atoms with Crippen LogP contribution in [0, 0.1) is 11.8 Å². The van der Waals surface area contributed by atoms with Gasteiger partial charge >= 0.3 is 11.8 Å². The van der Waals surface area contributed by atoms with Crippen LogP contribution >= 0.6 is 0 Å². The molecule has 130 valence electrons. The van der Waals surface area contributed by atoms with Crippen LogP contribution < -0.4 is 5.32 Å². The first-order valence-corrected chi connectivity index (χ1v) is 8.82. The first-order valence-electron chi connectivity index (χ1n) is 8.82. The molecule has 4 atom stereocenters. The van der Waals surface area contributed by atoms with E-state index in [-0.39, 0.29) is 12.0 Å². The number of aliphatic hydroxyl groups excluding tert-OH is 1. The monoisotopic (exact) mass is 330 g/mol. The van der Waals surface area contributed by atoms with E-state index in [0.717, 1.165) is 25.7 Å². The van der Waals surface area contributed by atoms with Crippen LogP contribution in [0.25, 0.3) is 0 Å². The van der Waals surface area contributed by atoms with E-state index in [2.05, 4.69) is 17.4 Å². The van der Waals surface area contributed by atoms with Crippen LogP contribution in [0.3, 0.4) is 0 Å². The summed E-state index contributed by atoms with van der Waals surface area (Å²) in [5.74, 6) is -0.0357. The van der Waals surface area contributed by atoms with Crippen LogP contribution in [0.5, 0.6) is 0 Å². The van der Waals surface area contributed by atoms with Crippen molar-refractivity contribution in [1.29, 1.82) is 0 Å². The number of nitrogens with zero attached hydrogens (tertiary/aromatic N) is 1. The van der Waals surface area contributed by atoms with Crippen LogP contribution in [-0.4, -0.2) is 48.1 Å². The average molecular weight is 330 g/mol. The SMILES string of the molecule is CN(CC1CCCC1O)C(=O)C(=O)NC[C@@H]1C[C@H]1c1ccccc1. The van der Waals surface area contributed by atoms with Gasteiger partial charge in [0.2, 0.25) is 0 Å². The highest BCUT2D eigenvalue weighted by molar-refractivity contribution is 6.34. The Morgan fingerprint density at radius 3 is 2.62 bits per heavy atom. The van der Waals surface area contributed by atoms with Crippen molar-refractivity contribution in [3.05, 3.63) is 35.9 Å². The van der Waals surface area contributed by atoms with Crippen molar-refractivity contribution in [2.75, 3.05) is 20.1 Å². The lowest BCUT2D eigenvalue weighted by Gasteiger charge is -2.22. The molecule has 5 nitrogen and oxygen atoms in total. The molecule has 2 unspecified atom stereocenters. The molecule has 3 rings (SSSR count). The second kappa shape index (κ2) is 7.34. The molecule has 1 aromatic carbocycles. The van der Waals surface area contributed by atoms with E-state index in [1.54, 1.807) is 7.05 Å². The summed E-state index contributed by atoms with van der Waals surface area (Å²) < 4.78 is 0. The summed E-state index contributed by atoms with van der Waals surface area (Å²) in [7, 11) is 1.64. The molecule has 2 saturated carbocycles. The predicted molar refractivity (Wildman–Crippen MR) is 91.3 cm³/mol. The van der Waals surface area contributed by atoms with Gasteiger partial charge in [-0.1, -0.05) is 36.8 Å². The summed E-state index contributed by atoms with van der Waals surface area (Å²) in [5.41, 5.74) is 1.30. The van der Waals surface area contributed by atoms with Gasteiger partial charge in [0.1, 0.15) is 0 Å². The number of hydrogen-bond donors (Lipinski definition) is 2. The fourth-order valence-electron chi connectivity index (χ4n) is 3.72. The number of likely N-dealkylation sites (N-methyl/N-ethyl adjacent to an activating group) is 1. The molecule has 0 heterocycles. The van der Waals surface area contributed by atoms with Crippen molar-refractivity contribution in [2.24, 2.45) is 11.8 Å². The van der Waals surface area contributed by atoms with Gasteiger partial charge in [0, 0.05) is 26.1 Å². The molecular formula is C19H26N2O3. The van der Waals surface area contributed by atoms with Crippen molar-refractivity contribution < 1.29 is 14.7 Å². The van der Waals surface area contributed by atoms with Crippen LogP contribution in [0.4, 0.5) is 0 Å². The number of rotatable bonds is 5. The van der Waals surface area contributed by atoms with E-state index in [1.165, 1.54) is 10.5 Å². The quantitative estimate of drug-likeness (QED) is 0.805. The van der Waals surface area contributed by atoms with Gasteiger partial charge in [0.15, 0.2) is 0 Å². The van der Waals surface area contributed by atoms with Crippen molar-refractivity contribution >= 4 is 11.8 Å². The third-order valence-corrected chi connectivity index (χ3v) is 5.34. The molecule has 0 radical (unpaired) electrons. The Morgan fingerprint density at radius 1 is 1.21 bits per heavy atom. The summed E-state index contributed by atoms with van der Waals surface area (Å²) in [6.07, 6.45) is 3.41. The minimum absolute atomic E-state index is 0.0950. The van der Waals surface area contributed by atoms with E-state index in [9.17, 15) is 14.7 Å². The van der Waals surface area contributed by atoms with Crippen LogP contribution in [0.2, 0.25) is 0 Å². The predicted octanol–water partition coefficient (Wildman–Crippen LogP) is 1.53. The smallest absolute Gasteiger partial charge is 0.311 e. The van der Waals surface area contributed by atoms with Crippen molar-refractivity contribution in [2.45, 2.75) is 37.7 Å². The molecule has 0 spiro atoms. The van der Waals surface area contributed by atoms with Crippen molar-refractivity contribution in [1.82, 2.24) is 10.2 Å². The number of aliphatic hydroxyl groups is 1. The lowest BCUT2D eigenvalue weighted by Crippen LogP contribution is -2.44. The molecule has 2 aliphatic rings. The number of hydrogen-bond acceptors (Lipinski definition) is 3. The van der Waals surface area contributed by atoms with Crippen molar-refractivity contribution in [3.63, 3.8) is 0 Å². The van der Waals surface area contributed by atoms with E-state index in [4.69, 9.17) is 0 Å². The first-order chi connectivity index (χ1) is 11.6. The molecule has 0 saturated heterocycles. The Labute approximate surface area is 143 Å². The molecule has 24 heavy (non-hydrogen) atoms. The summed E-state index contributed by atoms with van der Waals surface area (Å²) in [6.45, 7) is 0.994. The Kier molecular flexibility index (Phi) is 5.19. The van der Waals surface area contributed by atoms with E-state index in [0.29, 0.717) is 24.9 Å².